The van der Waals surface area contributed by atoms with E-state index >= 15 is 0 Å². The normalized spacial score (nSPS) is 17.1. The maximum atomic E-state index is 12.4. The molecule has 1 saturated heterocycles. The zero-order valence-corrected chi connectivity index (χ0v) is 19.2. The standard InChI is InChI=1S/C25H28N4O5/c1-31-23-8-6-20-24(28-23)17(9-11-27-20)4-2-3-10-26-15-19-16-29(25(30)34-19)18-5-7-21-22(14-18)33-13-12-32-21/h5-9,11,14,19,26H,2-4,10,12-13,15-16H2,1H3/t19-/m1/s1. The Morgan fingerprint density at radius 3 is 2.88 bits per heavy atom. The summed E-state index contributed by atoms with van der Waals surface area (Å²) in [5, 5.41) is 3.41. The van der Waals surface area contributed by atoms with Crippen LogP contribution in [-0.4, -0.2) is 62.1 Å². The number of rotatable bonds is 9. The minimum absolute atomic E-state index is 0.193. The van der Waals surface area contributed by atoms with Crippen molar-refractivity contribution in [2.24, 2.45) is 0 Å². The lowest BCUT2D eigenvalue weighted by Crippen LogP contribution is -2.31. The number of anilines is 1. The third kappa shape index (κ3) is 4.84. The highest BCUT2D eigenvalue weighted by Gasteiger charge is 2.32. The summed E-state index contributed by atoms with van der Waals surface area (Å²) in [6.07, 6.45) is 4.22. The van der Waals surface area contributed by atoms with Gasteiger partial charge in [-0.05, 0) is 55.6 Å². The first-order valence-electron chi connectivity index (χ1n) is 11.6. The number of ether oxygens (including phenoxy) is 4. The van der Waals surface area contributed by atoms with Crippen molar-refractivity contribution < 1.29 is 23.7 Å². The van der Waals surface area contributed by atoms with E-state index in [1.54, 1.807) is 12.0 Å². The van der Waals surface area contributed by atoms with E-state index in [9.17, 15) is 4.79 Å². The van der Waals surface area contributed by atoms with Crippen molar-refractivity contribution in [1.29, 1.82) is 0 Å². The van der Waals surface area contributed by atoms with E-state index < -0.39 is 0 Å². The van der Waals surface area contributed by atoms with Gasteiger partial charge < -0.3 is 24.3 Å². The lowest BCUT2D eigenvalue weighted by molar-refractivity contribution is 0.140. The van der Waals surface area contributed by atoms with Gasteiger partial charge in [-0.1, -0.05) is 0 Å². The maximum absolute atomic E-state index is 12.4. The van der Waals surface area contributed by atoms with Crippen molar-refractivity contribution in [2.45, 2.75) is 25.4 Å². The molecule has 0 aliphatic carbocycles. The Balaban J connectivity index is 1.07. The monoisotopic (exact) mass is 464 g/mol. The molecule has 1 atom stereocenters. The number of pyridine rings is 2. The van der Waals surface area contributed by atoms with Crippen LogP contribution in [0, 0.1) is 0 Å². The summed E-state index contributed by atoms with van der Waals surface area (Å²) in [5.41, 5.74) is 3.70. The van der Waals surface area contributed by atoms with Gasteiger partial charge in [0.15, 0.2) is 11.5 Å². The van der Waals surface area contributed by atoms with Crippen molar-refractivity contribution in [3.8, 4) is 17.4 Å². The molecule has 2 aliphatic heterocycles. The number of carbonyl (C=O) groups excluding carboxylic acids is 1. The summed E-state index contributed by atoms with van der Waals surface area (Å²) in [6.45, 7) is 3.01. The molecule has 1 N–H and O–H groups in total. The summed E-state index contributed by atoms with van der Waals surface area (Å²) in [4.78, 5) is 23.0. The number of aryl methyl sites for hydroxylation is 1. The Bertz CT molecular complexity index is 1170. The van der Waals surface area contributed by atoms with Gasteiger partial charge in [0.05, 0.1) is 30.4 Å². The lowest BCUT2D eigenvalue weighted by atomic mass is 10.1. The average molecular weight is 465 g/mol. The molecule has 34 heavy (non-hydrogen) atoms. The number of amides is 1. The Kier molecular flexibility index (Phi) is 6.62. The summed E-state index contributed by atoms with van der Waals surface area (Å²) in [7, 11) is 1.62. The second-order valence-electron chi connectivity index (χ2n) is 8.30. The molecular weight excluding hydrogens is 436 g/mol. The van der Waals surface area contributed by atoms with Gasteiger partial charge in [-0.2, -0.15) is 0 Å². The number of nitrogens with zero attached hydrogens (tertiary/aromatic N) is 3. The Morgan fingerprint density at radius 2 is 2.00 bits per heavy atom. The van der Waals surface area contributed by atoms with Crippen LogP contribution >= 0.6 is 0 Å². The minimum atomic E-state index is -0.337. The molecule has 9 nitrogen and oxygen atoms in total. The van der Waals surface area contributed by atoms with Gasteiger partial charge in [-0.25, -0.2) is 9.78 Å². The van der Waals surface area contributed by atoms with Crippen LogP contribution in [0.15, 0.2) is 42.6 Å². The van der Waals surface area contributed by atoms with E-state index in [4.69, 9.17) is 18.9 Å². The van der Waals surface area contributed by atoms with Crippen LogP contribution in [0.3, 0.4) is 0 Å². The first-order chi connectivity index (χ1) is 16.7. The number of methoxy groups -OCH3 is 1. The molecule has 2 aromatic heterocycles. The van der Waals surface area contributed by atoms with Crippen LogP contribution in [-0.2, 0) is 11.2 Å². The molecular formula is C25H28N4O5. The van der Waals surface area contributed by atoms with Gasteiger partial charge in [-0.15, -0.1) is 0 Å². The van der Waals surface area contributed by atoms with Gasteiger partial charge >= 0.3 is 6.09 Å². The Hall–Kier alpha value is -3.59. The van der Waals surface area contributed by atoms with E-state index in [2.05, 4.69) is 15.3 Å². The fourth-order valence-corrected chi connectivity index (χ4v) is 4.24. The molecule has 3 aromatic rings. The fraction of sp³-hybridized carbons (Fsp3) is 0.400. The van der Waals surface area contributed by atoms with Crippen molar-refractivity contribution in [3.05, 3.63) is 48.2 Å². The number of benzene rings is 1. The first-order valence-corrected chi connectivity index (χ1v) is 11.6. The van der Waals surface area contributed by atoms with Crippen molar-refractivity contribution in [3.63, 3.8) is 0 Å². The minimum Gasteiger partial charge on any atom is -0.486 e. The molecule has 5 rings (SSSR count). The summed E-state index contributed by atoms with van der Waals surface area (Å²) >= 11 is 0. The summed E-state index contributed by atoms with van der Waals surface area (Å²) in [5.74, 6) is 1.96. The van der Waals surface area contributed by atoms with Gasteiger partial charge in [0, 0.05) is 24.9 Å². The predicted octanol–water partition coefficient (Wildman–Crippen LogP) is 3.35. The number of nitrogens with one attached hydrogen (secondary N) is 1. The summed E-state index contributed by atoms with van der Waals surface area (Å²) in [6, 6.07) is 11.3. The van der Waals surface area contributed by atoms with Crippen LogP contribution in [0.1, 0.15) is 18.4 Å². The molecule has 2 aliphatic rings. The van der Waals surface area contributed by atoms with Gasteiger partial charge in [-0.3, -0.25) is 9.88 Å². The molecule has 9 heteroatoms. The van der Waals surface area contributed by atoms with E-state index in [1.165, 1.54) is 5.56 Å². The van der Waals surface area contributed by atoms with Gasteiger partial charge in [0.1, 0.15) is 19.3 Å². The predicted molar refractivity (Wildman–Crippen MR) is 127 cm³/mol. The molecule has 178 valence electrons. The summed E-state index contributed by atoms with van der Waals surface area (Å²) < 4.78 is 22.0. The Labute approximate surface area is 198 Å². The molecule has 4 heterocycles. The molecule has 1 fully saturated rings. The lowest BCUT2D eigenvalue weighted by Gasteiger charge is -2.21. The average Bonchev–Trinajstić information content (AvgIpc) is 3.25. The highest BCUT2D eigenvalue weighted by molar-refractivity contribution is 5.90. The van der Waals surface area contributed by atoms with Crippen LogP contribution in [0.25, 0.3) is 11.0 Å². The second-order valence-corrected chi connectivity index (χ2v) is 8.30. The third-order valence-electron chi connectivity index (χ3n) is 5.98. The number of unbranched alkanes of at least 4 members (excludes halogenated alkanes) is 1. The van der Waals surface area contributed by atoms with E-state index in [0.717, 1.165) is 42.5 Å². The van der Waals surface area contributed by atoms with Crippen LogP contribution in [0.4, 0.5) is 10.5 Å². The number of hydrogen-bond acceptors (Lipinski definition) is 8. The first kappa shape index (κ1) is 22.2. The van der Waals surface area contributed by atoms with Crippen molar-refractivity contribution >= 4 is 22.8 Å². The number of hydrogen-bond donors (Lipinski definition) is 1. The number of fused-ring (bicyclic) bond motifs is 2. The number of aromatic nitrogens is 2. The zero-order valence-electron chi connectivity index (χ0n) is 19.2. The number of carbonyl (C=O) groups is 1. The topological polar surface area (TPSA) is 95.0 Å². The largest absolute Gasteiger partial charge is 0.486 e. The highest BCUT2D eigenvalue weighted by atomic mass is 16.6. The molecule has 0 spiro atoms. The molecule has 0 radical (unpaired) electrons. The maximum Gasteiger partial charge on any atom is 0.414 e. The van der Waals surface area contributed by atoms with E-state index in [1.807, 2.05) is 42.6 Å². The highest BCUT2D eigenvalue weighted by Crippen LogP contribution is 2.35. The SMILES string of the molecule is COc1ccc2nccc(CCCCNC[C@@H]3CN(c4ccc5c(c4)OCCO5)C(=O)O3)c2n1. The van der Waals surface area contributed by atoms with Crippen LogP contribution in [0.2, 0.25) is 0 Å². The number of cyclic esters (lactones) is 1. The van der Waals surface area contributed by atoms with Gasteiger partial charge in [0.2, 0.25) is 5.88 Å². The zero-order chi connectivity index (χ0) is 23.3. The molecule has 0 unspecified atom stereocenters. The van der Waals surface area contributed by atoms with E-state index in [-0.39, 0.29) is 12.2 Å². The molecule has 0 bridgehead atoms. The smallest absolute Gasteiger partial charge is 0.414 e. The fourth-order valence-electron chi connectivity index (χ4n) is 4.24. The Morgan fingerprint density at radius 1 is 1.12 bits per heavy atom. The van der Waals surface area contributed by atoms with Crippen LogP contribution < -0.4 is 24.4 Å². The second kappa shape index (κ2) is 10.1. The van der Waals surface area contributed by atoms with Crippen LogP contribution in [0.5, 0.6) is 17.4 Å². The third-order valence-corrected chi connectivity index (χ3v) is 5.98. The molecule has 0 saturated carbocycles. The quantitative estimate of drug-likeness (QED) is 0.482. The van der Waals surface area contributed by atoms with Crippen molar-refractivity contribution in [1.82, 2.24) is 15.3 Å². The van der Waals surface area contributed by atoms with Crippen molar-refractivity contribution in [2.75, 3.05) is 44.9 Å². The molecule has 1 aromatic carbocycles. The van der Waals surface area contributed by atoms with E-state index in [0.29, 0.717) is 43.7 Å². The van der Waals surface area contributed by atoms with Gasteiger partial charge in [0.25, 0.3) is 0 Å². The molecule has 1 amide bonds.